The van der Waals surface area contributed by atoms with Gasteiger partial charge in [0.25, 0.3) is 0 Å². The van der Waals surface area contributed by atoms with Crippen molar-refractivity contribution in [1.82, 2.24) is 0 Å². The molecule has 0 fully saturated rings. The van der Waals surface area contributed by atoms with Crippen LogP contribution in [-0.4, -0.2) is 13.4 Å². The van der Waals surface area contributed by atoms with Gasteiger partial charge in [-0.1, -0.05) is 13.0 Å². The molecule has 1 aromatic heterocycles. The first kappa shape index (κ1) is 14.6. The van der Waals surface area contributed by atoms with Crippen molar-refractivity contribution in [3.8, 4) is 28.5 Å². The summed E-state index contributed by atoms with van der Waals surface area (Å²) < 4.78 is 19.2. The molecule has 0 N–H and O–H groups in total. The lowest BCUT2D eigenvalue weighted by molar-refractivity contribution is -0.686. The summed E-state index contributed by atoms with van der Waals surface area (Å²) in [4.78, 5) is 0. The predicted octanol–water partition coefficient (Wildman–Crippen LogP) is 3.87. The molecule has 0 atom stereocenters. The Kier molecular flexibility index (Phi) is 3.30. The molecule has 0 amide bonds. The monoisotopic (exact) mass is 334 g/mol. The Balaban J connectivity index is 1.62. The third-order valence-electron chi connectivity index (χ3n) is 4.92. The number of hydrogen-bond acceptors (Lipinski definition) is 3. The zero-order valence-corrected chi connectivity index (χ0v) is 14.2. The average Bonchev–Trinajstić information content (AvgIpc) is 3.10. The molecule has 2 aromatic carbocycles. The van der Waals surface area contributed by atoms with Gasteiger partial charge in [0.05, 0.1) is 12.2 Å². The number of nitrogens with zero attached hydrogens (tertiary/aromatic N) is 1. The van der Waals surface area contributed by atoms with E-state index in [9.17, 15) is 0 Å². The molecule has 4 nitrogen and oxygen atoms in total. The Morgan fingerprint density at radius 1 is 1.04 bits per heavy atom. The molecule has 0 bridgehead atoms. The van der Waals surface area contributed by atoms with E-state index in [1.165, 1.54) is 27.6 Å². The smallest absolute Gasteiger partial charge is 0.231 e. The largest absolute Gasteiger partial charge is 0.494 e. The molecule has 3 aromatic rings. The van der Waals surface area contributed by atoms with Crippen LogP contribution >= 0.6 is 0 Å². The lowest BCUT2D eigenvalue weighted by Crippen LogP contribution is -2.39. The summed E-state index contributed by atoms with van der Waals surface area (Å²) in [5.74, 6) is 2.65. The van der Waals surface area contributed by atoms with Crippen molar-refractivity contribution in [3.63, 3.8) is 0 Å². The molecule has 0 saturated heterocycles. The van der Waals surface area contributed by atoms with Gasteiger partial charge < -0.3 is 14.2 Å². The Bertz CT molecular complexity index is 981. The summed E-state index contributed by atoms with van der Waals surface area (Å²) in [5, 5.41) is 2.43. The highest BCUT2D eigenvalue weighted by molar-refractivity contribution is 5.86. The lowest BCUT2D eigenvalue weighted by atomic mass is 9.95. The maximum absolute atomic E-state index is 5.77. The highest BCUT2D eigenvalue weighted by atomic mass is 16.7. The molecule has 0 saturated carbocycles. The second-order valence-corrected chi connectivity index (χ2v) is 6.60. The predicted molar refractivity (Wildman–Crippen MR) is 95.2 cm³/mol. The van der Waals surface area contributed by atoms with Gasteiger partial charge in [0.2, 0.25) is 12.5 Å². The van der Waals surface area contributed by atoms with E-state index >= 15 is 0 Å². The number of pyridine rings is 1. The lowest BCUT2D eigenvalue weighted by Gasteiger charge is -2.16. The van der Waals surface area contributed by atoms with Crippen LogP contribution in [0, 0.1) is 0 Å². The molecular formula is C21H20NO3+. The molecule has 0 spiro atoms. The standard InChI is InChI=1S/C21H20NO3/c1-2-7-23-17-4-3-14-9-19-18-11-21-20(24-13-25-21)10-15(18)5-6-22(19)12-16(14)8-17/h3-4,8-12H,2,5-7,13H2,1H3/q+1. The van der Waals surface area contributed by atoms with E-state index in [-0.39, 0.29) is 0 Å². The molecule has 0 unspecified atom stereocenters. The summed E-state index contributed by atoms with van der Waals surface area (Å²) in [6, 6.07) is 12.8. The van der Waals surface area contributed by atoms with Crippen molar-refractivity contribution in [1.29, 1.82) is 0 Å². The highest BCUT2D eigenvalue weighted by Crippen LogP contribution is 2.40. The molecule has 3 heterocycles. The minimum Gasteiger partial charge on any atom is -0.494 e. The topological polar surface area (TPSA) is 31.6 Å². The van der Waals surface area contributed by atoms with Gasteiger partial charge in [0.1, 0.15) is 5.75 Å². The number of hydrogen-bond donors (Lipinski definition) is 0. The minimum absolute atomic E-state index is 0.316. The first-order valence-corrected chi connectivity index (χ1v) is 8.85. The maximum atomic E-state index is 5.77. The normalized spacial score (nSPS) is 14.3. The molecular weight excluding hydrogens is 314 g/mol. The van der Waals surface area contributed by atoms with E-state index < -0.39 is 0 Å². The van der Waals surface area contributed by atoms with Gasteiger partial charge in [-0.15, -0.1) is 0 Å². The number of ether oxygens (including phenoxy) is 3. The summed E-state index contributed by atoms with van der Waals surface area (Å²) >= 11 is 0. The molecule has 0 aliphatic carbocycles. The molecule has 25 heavy (non-hydrogen) atoms. The molecule has 4 heteroatoms. The van der Waals surface area contributed by atoms with E-state index in [1.807, 2.05) is 0 Å². The van der Waals surface area contributed by atoms with E-state index in [0.717, 1.165) is 43.2 Å². The maximum Gasteiger partial charge on any atom is 0.231 e. The van der Waals surface area contributed by atoms with E-state index in [1.54, 1.807) is 0 Å². The zero-order chi connectivity index (χ0) is 16.8. The Morgan fingerprint density at radius 2 is 1.92 bits per heavy atom. The van der Waals surface area contributed by atoms with Gasteiger partial charge in [-0.05, 0) is 41.6 Å². The van der Waals surface area contributed by atoms with Crippen LogP contribution in [0.2, 0.25) is 0 Å². The van der Waals surface area contributed by atoms with Crippen LogP contribution in [0.5, 0.6) is 17.2 Å². The minimum atomic E-state index is 0.316. The first-order valence-electron chi connectivity index (χ1n) is 8.85. The van der Waals surface area contributed by atoms with Crippen LogP contribution in [0.3, 0.4) is 0 Å². The number of benzene rings is 2. The van der Waals surface area contributed by atoms with E-state index in [4.69, 9.17) is 14.2 Å². The third-order valence-corrected chi connectivity index (χ3v) is 4.92. The van der Waals surface area contributed by atoms with Gasteiger partial charge >= 0.3 is 0 Å². The first-order chi connectivity index (χ1) is 12.3. The molecule has 2 aliphatic rings. The quantitative estimate of drug-likeness (QED) is 0.682. The Morgan fingerprint density at radius 3 is 2.80 bits per heavy atom. The van der Waals surface area contributed by atoms with Crippen molar-refractivity contribution >= 4 is 10.8 Å². The molecule has 126 valence electrons. The third kappa shape index (κ3) is 2.40. The van der Waals surface area contributed by atoms with Crippen LogP contribution in [0.15, 0.2) is 42.6 Å². The zero-order valence-electron chi connectivity index (χ0n) is 14.2. The summed E-state index contributed by atoms with van der Waals surface area (Å²) in [7, 11) is 0. The fourth-order valence-electron chi connectivity index (χ4n) is 3.66. The van der Waals surface area contributed by atoms with E-state index in [2.05, 4.69) is 54.1 Å². The Hall–Kier alpha value is -2.75. The number of rotatable bonds is 3. The second-order valence-electron chi connectivity index (χ2n) is 6.60. The van der Waals surface area contributed by atoms with Gasteiger partial charge in [-0.25, -0.2) is 0 Å². The van der Waals surface area contributed by atoms with Crippen LogP contribution in [0.25, 0.3) is 22.0 Å². The summed E-state index contributed by atoms with van der Waals surface area (Å²) in [6.07, 6.45) is 4.25. The van der Waals surface area contributed by atoms with Crippen LogP contribution in [0.4, 0.5) is 0 Å². The molecule has 5 rings (SSSR count). The fourth-order valence-corrected chi connectivity index (χ4v) is 3.66. The molecule has 2 aliphatic heterocycles. The second kappa shape index (κ2) is 5.66. The summed E-state index contributed by atoms with van der Waals surface area (Å²) in [6.45, 7) is 4.16. The number of aromatic nitrogens is 1. The number of fused-ring (bicyclic) bond motifs is 5. The average molecular weight is 334 g/mol. The molecule has 0 radical (unpaired) electrons. The highest BCUT2D eigenvalue weighted by Gasteiger charge is 2.27. The van der Waals surface area contributed by atoms with Crippen molar-refractivity contribution in [3.05, 3.63) is 48.2 Å². The van der Waals surface area contributed by atoms with E-state index in [0.29, 0.717) is 6.79 Å². The SMILES string of the molecule is CCCOc1ccc2cc3[n+](cc2c1)CCc1cc2c(cc1-3)OCO2. The van der Waals surface area contributed by atoms with Gasteiger partial charge in [0, 0.05) is 17.9 Å². The van der Waals surface area contributed by atoms with Gasteiger partial charge in [0.15, 0.2) is 24.2 Å². The van der Waals surface area contributed by atoms with Gasteiger partial charge in [-0.2, -0.15) is 4.57 Å². The summed E-state index contributed by atoms with van der Waals surface area (Å²) in [5.41, 5.74) is 3.80. The van der Waals surface area contributed by atoms with Gasteiger partial charge in [-0.3, -0.25) is 0 Å². The van der Waals surface area contributed by atoms with Crippen molar-refractivity contribution in [2.24, 2.45) is 0 Å². The van der Waals surface area contributed by atoms with Crippen LogP contribution in [0.1, 0.15) is 18.9 Å². The van der Waals surface area contributed by atoms with Crippen molar-refractivity contribution < 1.29 is 18.8 Å². The fraction of sp³-hybridized carbons (Fsp3) is 0.286. The van der Waals surface area contributed by atoms with Crippen LogP contribution in [-0.2, 0) is 13.0 Å². The Labute approximate surface area is 146 Å². The number of aryl methyl sites for hydroxylation is 2. The van der Waals surface area contributed by atoms with Crippen molar-refractivity contribution in [2.75, 3.05) is 13.4 Å². The van der Waals surface area contributed by atoms with Crippen molar-refractivity contribution in [2.45, 2.75) is 26.3 Å². The van der Waals surface area contributed by atoms with Crippen LogP contribution < -0.4 is 18.8 Å².